The third kappa shape index (κ3) is 6.02. The van der Waals surface area contributed by atoms with E-state index in [4.69, 9.17) is 14.2 Å². The molecule has 6 nitrogen and oxygen atoms in total. The Bertz CT molecular complexity index is 1260. The minimum absolute atomic E-state index is 0.210. The number of thioether (sulfide) groups is 1. The average molecular weight is 604 g/mol. The van der Waals surface area contributed by atoms with Gasteiger partial charge in [0.05, 0.1) is 24.8 Å². The molecular formula is C25H20Br2N2O4S. The van der Waals surface area contributed by atoms with Gasteiger partial charge in [0.15, 0.2) is 16.7 Å². The molecule has 1 aliphatic rings. The lowest BCUT2D eigenvalue weighted by atomic mass is 10.2. The van der Waals surface area contributed by atoms with Crippen molar-refractivity contribution in [2.45, 2.75) is 6.61 Å². The number of nitrogens with zero attached hydrogens (tertiary/aromatic N) is 1. The maximum absolute atomic E-state index is 12.5. The van der Waals surface area contributed by atoms with E-state index in [0.29, 0.717) is 28.2 Å². The van der Waals surface area contributed by atoms with Crippen molar-refractivity contribution in [3.63, 3.8) is 0 Å². The Morgan fingerprint density at radius 3 is 2.38 bits per heavy atom. The normalized spacial score (nSPS) is 15.5. The number of aliphatic imine (C=N–C) groups is 1. The first-order valence-electron chi connectivity index (χ1n) is 10.1. The average Bonchev–Trinajstić information content (AvgIpc) is 3.18. The molecule has 1 fully saturated rings. The Morgan fingerprint density at radius 2 is 1.71 bits per heavy atom. The molecule has 1 aliphatic heterocycles. The van der Waals surface area contributed by atoms with Gasteiger partial charge in [0, 0.05) is 8.95 Å². The van der Waals surface area contributed by atoms with Crippen LogP contribution in [0.5, 0.6) is 17.2 Å². The molecule has 0 aliphatic carbocycles. The molecule has 34 heavy (non-hydrogen) atoms. The number of rotatable bonds is 7. The Kier molecular flexibility index (Phi) is 7.97. The second-order valence-corrected chi connectivity index (χ2v) is 9.92. The van der Waals surface area contributed by atoms with Crippen molar-refractivity contribution in [2.75, 3.05) is 14.2 Å². The quantitative estimate of drug-likeness (QED) is 0.304. The van der Waals surface area contributed by atoms with Crippen LogP contribution >= 0.6 is 43.6 Å². The monoisotopic (exact) mass is 602 g/mol. The minimum atomic E-state index is -0.210. The molecule has 0 bridgehead atoms. The summed E-state index contributed by atoms with van der Waals surface area (Å²) in [6, 6.07) is 18.9. The summed E-state index contributed by atoms with van der Waals surface area (Å²) >= 11 is 8.29. The number of methoxy groups -OCH3 is 2. The van der Waals surface area contributed by atoms with E-state index in [0.717, 1.165) is 31.5 Å². The van der Waals surface area contributed by atoms with Gasteiger partial charge in [-0.2, -0.15) is 0 Å². The van der Waals surface area contributed by atoms with Crippen molar-refractivity contribution in [3.8, 4) is 17.2 Å². The largest absolute Gasteiger partial charge is 0.497 e. The molecule has 0 unspecified atom stereocenters. The van der Waals surface area contributed by atoms with Gasteiger partial charge in [-0.3, -0.25) is 4.79 Å². The summed E-state index contributed by atoms with van der Waals surface area (Å²) < 4.78 is 18.5. The number of carbonyl (C=O) groups excluding carboxylic acids is 1. The van der Waals surface area contributed by atoms with Gasteiger partial charge in [0.1, 0.15) is 12.4 Å². The molecular weight excluding hydrogens is 584 g/mol. The van der Waals surface area contributed by atoms with Crippen LogP contribution in [0.1, 0.15) is 11.1 Å². The predicted octanol–water partition coefficient (Wildman–Crippen LogP) is 6.70. The first kappa shape index (κ1) is 24.4. The van der Waals surface area contributed by atoms with E-state index in [2.05, 4.69) is 42.2 Å². The summed E-state index contributed by atoms with van der Waals surface area (Å²) in [5.41, 5.74) is 2.55. The molecule has 0 aromatic heterocycles. The molecule has 0 spiro atoms. The Morgan fingerprint density at radius 1 is 0.971 bits per heavy atom. The van der Waals surface area contributed by atoms with E-state index in [9.17, 15) is 4.79 Å². The predicted molar refractivity (Wildman–Crippen MR) is 143 cm³/mol. The molecule has 1 amide bonds. The molecule has 3 aromatic carbocycles. The lowest BCUT2D eigenvalue weighted by Crippen LogP contribution is -2.19. The summed E-state index contributed by atoms with van der Waals surface area (Å²) in [5.74, 6) is 1.71. The standard InChI is InChI=1S/C25H20Br2N2O4S/c1-31-19-9-7-18(8-10-19)28-25-29-24(30)23(34-25)12-16-11-21(32-2)22(13-20(16)27)33-14-15-3-5-17(26)6-4-15/h3-13H,14H2,1-2H3,(H,28,29,30)/b23-12+. The molecule has 0 atom stereocenters. The molecule has 4 rings (SSSR count). The van der Waals surface area contributed by atoms with Crippen LogP contribution in [-0.2, 0) is 11.4 Å². The fraction of sp³-hybridized carbons (Fsp3) is 0.120. The van der Waals surface area contributed by atoms with Gasteiger partial charge >= 0.3 is 0 Å². The Labute approximate surface area is 218 Å². The van der Waals surface area contributed by atoms with Crippen LogP contribution in [0.15, 0.2) is 79.5 Å². The van der Waals surface area contributed by atoms with Crippen LogP contribution in [0.4, 0.5) is 5.69 Å². The smallest absolute Gasteiger partial charge is 0.264 e. The van der Waals surface area contributed by atoms with E-state index >= 15 is 0 Å². The second kappa shape index (κ2) is 11.1. The van der Waals surface area contributed by atoms with Crippen molar-refractivity contribution in [2.24, 2.45) is 4.99 Å². The summed E-state index contributed by atoms with van der Waals surface area (Å²) in [5, 5.41) is 3.32. The summed E-state index contributed by atoms with van der Waals surface area (Å²) in [6.07, 6.45) is 1.79. The highest BCUT2D eigenvalue weighted by Gasteiger charge is 2.24. The molecule has 1 saturated heterocycles. The molecule has 1 N–H and O–H groups in total. The molecule has 1 heterocycles. The van der Waals surface area contributed by atoms with Crippen LogP contribution in [0.2, 0.25) is 0 Å². The highest BCUT2D eigenvalue weighted by atomic mass is 79.9. The first-order valence-corrected chi connectivity index (χ1v) is 12.5. The number of hydrogen-bond donors (Lipinski definition) is 1. The van der Waals surface area contributed by atoms with Crippen LogP contribution in [0, 0.1) is 0 Å². The highest BCUT2D eigenvalue weighted by molar-refractivity contribution is 9.10. The van der Waals surface area contributed by atoms with E-state index in [1.807, 2.05) is 60.7 Å². The van der Waals surface area contributed by atoms with Crippen LogP contribution in [0.25, 0.3) is 6.08 Å². The number of hydrogen-bond acceptors (Lipinski definition) is 6. The van der Waals surface area contributed by atoms with Gasteiger partial charge in [0.25, 0.3) is 5.91 Å². The molecule has 174 valence electrons. The third-order valence-electron chi connectivity index (χ3n) is 4.83. The Hall–Kier alpha value is -2.75. The molecule has 0 radical (unpaired) electrons. The second-order valence-electron chi connectivity index (χ2n) is 7.12. The minimum Gasteiger partial charge on any atom is -0.497 e. The lowest BCUT2D eigenvalue weighted by Gasteiger charge is -2.13. The van der Waals surface area contributed by atoms with E-state index in [1.165, 1.54) is 11.8 Å². The fourth-order valence-electron chi connectivity index (χ4n) is 3.07. The maximum Gasteiger partial charge on any atom is 0.264 e. The third-order valence-corrected chi connectivity index (χ3v) is 6.96. The molecule has 9 heteroatoms. The zero-order valence-electron chi connectivity index (χ0n) is 18.3. The molecule has 3 aromatic rings. The first-order chi connectivity index (χ1) is 16.4. The van der Waals surface area contributed by atoms with Crippen molar-refractivity contribution in [1.29, 1.82) is 0 Å². The van der Waals surface area contributed by atoms with Crippen molar-refractivity contribution >= 4 is 66.5 Å². The van der Waals surface area contributed by atoms with Gasteiger partial charge in [0.2, 0.25) is 0 Å². The molecule has 0 saturated carbocycles. The zero-order valence-corrected chi connectivity index (χ0v) is 22.3. The van der Waals surface area contributed by atoms with E-state index in [1.54, 1.807) is 20.3 Å². The number of halogens is 2. The van der Waals surface area contributed by atoms with Gasteiger partial charge in [-0.25, -0.2) is 4.99 Å². The van der Waals surface area contributed by atoms with E-state index in [-0.39, 0.29) is 5.91 Å². The van der Waals surface area contributed by atoms with Gasteiger partial charge in [-0.1, -0.05) is 44.0 Å². The number of carbonyl (C=O) groups is 1. The van der Waals surface area contributed by atoms with Crippen LogP contribution < -0.4 is 19.5 Å². The summed E-state index contributed by atoms with van der Waals surface area (Å²) in [6.45, 7) is 0.403. The number of ether oxygens (including phenoxy) is 3. The number of benzene rings is 3. The summed E-state index contributed by atoms with van der Waals surface area (Å²) in [4.78, 5) is 17.5. The lowest BCUT2D eigenvalue weighted by molar-refractivity contribution is -0.115. The number of nitrogens with one attached hydrogen (secondary N) is 1. The van der Waals surface area contributed by atoms with Crippen molar-refractivity contribution in [1.82, 2.24) is 5.32 Å². The zero-order chi connectivity index (χ0) is 24.1. The SMILES string of the molecule is COc1ccc(N=C2NC(=O)/C(=C\c3cc(OC)c(OCc4ccc(Br)cc4)cc3Br)S2)cc1. The topological polar surface area (TPSA) is 69.2 Å². The maximum atomic E-state index is 12.5. The Balaban J connectivity index is 1.51. The van der Waals surface area contributed by atoms with Gasteiger partial charge in [-0.15, -0.1) is 0 Å². The van der Waals surface area contributed by atoms with Gasteiger partial charge in [-0.05, 0) is 77.5 Å². The van der Waals surface area contributed by atoms with Crippen LogP contribution in [-0.4, -0.2) is 25.3 Å². The number of amidine groups is 1. The van der Waals surface area contributed by atoms with Crippen molar-refractivity contribution in [3.05, 3.63) is 85.6 Å². The highest BCUT2D eigenvalue weighted by Crippen LogP contribution is 2.37. The summed E-state index contributed by atoms with van der Waals surface area (Å²) in [7, 11) is 3.20. The number of amides is 1. The van der Waals surface area contributed by atoms with Crippen molar-refractivity contribution < 1.29 is 19.0 Å². The van der Waals surface area contributed by atoms with E-state index < -0.39 is 0 Å². The van der Waals surface area contributed by atoms with Gasteiger partial charge < -0.3 is 19.5 Å². The fourth-order valence-corrected chi connectivity index (χ4v) is 4.61. The van der Waals surface area contributed by atoms with Crippen LogP contribution in [0.3, 0.4) is 0 Å².